The molecule has 3 amide bonds. The number of hydrogen-bond donors (Lipinski definition) is 2. The number of carbonyl (C=O) groups excluding carboxylic acids is 2. The summed E-state index contributed by atoms with van der Waals surface area (Å²) in [5, 5.41) is 4.73. The summed E-state index contributed by atoms with van der Waals surface area (Å²) < 4.78 is 34.3. The summed E-state index contributed by atoms with van der Waals surface area (Å²) in [6.45, 7) is 1.26. The average Bonchev–Trinajstić information content (AvgIpc) is 3.45. The average molecular weight is 383 g/mol. The number of hydrogen-bond acceptors (Lipinski definition) is 5. The topological polar surface area (TPSA) is 79.9 Å². The van der Waals surface area contributed by atoms with Crippen molar-refractivity contribution in [2.45, 2.75) is 32.0 Å². The van der Waals surface area contributed by atoms with Gasteiger partial charge in [0.05, 0.1) is 13.7 Å². The first-order valence-electron chi connectivity index (χ1n) is 8.47. The van der Waals surface area contributed by atoms with Gasteiger partial charge in [-0.05, 0) is 30.5 Å². The molecular weight excluding hydrogens is 360 g/mol. The van der Waals surface area contributed by atoms with Crippen molar-refractivity contribution in [3.05, 3.63) is 36.4 Å². The molecule has 0 heterocycles. The molecule has 0 aromatic heterocycles. The fraction of sp³-hybridized carbons (Fsp3) is 0.444. The molecule has 0 atom stereocenters. The Hall–Kier alpha value is -2.68. The molecular formula is C18H23F2N3O4. The molecule has 1 fully saturated rings. The number of benzene rings is 1. The third kappa shape index (κ3) is 6.86. The fourth-order valence-corrected chi connectivity index (χ4v) is 2.55. The molecule has 1 aliphatic rings. The minimum Gasteiger partial charge on any atom is -0.493 e. The van der Waals surface area contributed by atoms with Crippen LogP contribution < -0.4 is 20.1 Å². The van der Waals surface area contributed by atoms with Crippen molar-refractivity contribution in [1.82, 2.24) is 15.5 Å². The van der Waals surface area contributed by atoms with Gasteiger partial charge in [0, 0.05) is 19.1 Å². The van der Waals surface area contributed by atoms with Crippen LogP contribution in [-0.4, -0.2) is 49.7 Å². The van der Waals surface area contributed by atoms with E-state index in [0.29, 0.717) is 6.54 Å². The molecule has 2 rings (SSSR count). The quantitative estimate of drug-likeness (QED) is 0.606. The van der Waals surface area contributed by atoms with Crippen molar-refractivity contribution in [1.29, 1.82) is 0 Å². The molecule has 0 spiro atoms. The molecule has 27 heavy (non-hydrogen) atoms. The Balaban J connectivity index is 1.98. The zero-order valence-corrected chi connectivity index (χ0v) is 15.0. The smallest absolute Gasteiger partial charge is 0.387 e. The van der Waals surface area contributed by atoms with Crippen LogP contribution in [0.2, 0.25) is 0 Å². The molecule has 0 aliphatic heterocycles. The number of methoxy groups -OCH3 is 1. The third-order valence-corrected chi connectivity index (χ3v) is 3.90. The first-order valence-corrected chi connectivity index (χ1v) is 8.47. The molecule has 7 nitrogen and oxygen atoms in total. The number of imide groups is 1. The van der Waals surface area contributed by atoms with E-state index >= 15 is 0 Å². The van der Waals surface area contributed by atoms with Gasteiger partial charge in [-0.2, -0.15) is 8.78 Å². The van der Waals surface area contributed by atoms with Gasteiger partial charge in [-0.3, -0.25) is 15.0 Å². The lowest BCUT2D eigenvalue weighted by molar-refractivity contribution is -0.121. The van der Waals surface area contributed by atoms with E-state index in [2.05, 4.69) is 21.9 Å². The summed E-state index contributed by atoms with van der Waals surface area (Å²) in [6.07, 6.45) is 3.43. The van der Waals surface area contributed by atoms with E-state index in [1.165, 1.54) is 19.3 Å². The molecule has 0 saturated heterocycles. The lowest BCUT2D eigenvalue weighted by Gasteiger charge is -2.22. The van der Waals surface area contributed by atoms with E-state index in [9.17, 15) is 18.4 Å². The van der Waals surface area contributed by atoms with Crippen molar-refractivity contribution in [2.24, 2.45) is 0 Å². The van der Waals surface area contributed by atoms with Crippen LogP contribution in [0.15, 0.2) is 30.9 Å². The number of rotatable bonds is 10. The van der Waals surface area contributed by atoms with Gasteiger partial charge in [-0.1, -0.05) is 12.1 Å². The molecule has 9 heteroatoms. The SMILES string of the molecule is C=CCNC(=O)NC(=O)CN(Cc1ccc(OC(F)F)c(OC)c1)C1CC1. The highest BCUT2D eigenvalue weighted by atomic mass is 19.3. The Kier molecular flexibility index (Phi) is 7.54. The van der Waals surface area contributed by atoms with Crippen molar-refractivity contribution < 1.29 is 27.8 Å². The number of alkyl halides is 2. The summed E-state index contributed by atoms with van der Waals surface area (Å²) in [4.78, 5) is 25.6. The predicted molar refractivity (Wildman–Crippen MR) is 94.8 cm³/mol. The highest BCUT2D eigenvalue weighted by molar-refractivity contribution is 5.95. The van der Waals surface area contributed by atoms with Crippen LogP contribution in [0.1, 0.15) is 18.4 Å². The standard InChI is InChI=1S/C18H23F2N3O4/c1-3-8-21-18(25)22-16(24)11-23(13-5-6-13)10-12-4-7-14(27-17(19)20)15(9-12)26-2/h3-4,7,9,13,17H,1,5-6,8,10-11H2,2H3,(H2,21,22,24,25). The van der Waals surface area contributed by atoms with Gasteiger partial charge in [0.15, 0.2) is 11.5 Å². The van der Waals surface area contributed by atoms with E-state index in [1.54, 1.807) is 12.1 Å². The van der Waals surface area contributed by atoms with Gasteiger partial charge < -0.3 is 14.8 Å². The highest BCUT2D eigenvalue weighted by Crippen LogP contribution is 2.32. The highest BCUT2D eigenvalue weighted by Gasteiger charge is 2.30. The molecule has 2 N–H and O–H groups in total. The molecule has 1 aromatic carbocycles. The van der Waals surface area contributed by atoms with Crippen LogP contribution >= 0.6 is 0 Å². The van der Waals surface area contributed by atoms with Crippen LogP contribution in [0.3, 0.4) is 0 Å². The zero-order chi connectivity index (χ0) is 19.8. The van der Waals surface area contributed by atoms with E-state index in [4.69, 9.17) is 4.74 Å². The summed E-state index contributed by atoms with van der Waals surface area (Å²) >= 11 is 0. The Morgan fingerprint density at radius 1 is 1.37 bits per heavy atom. The number of halogens is 2. The number of amides is 3. The predicted octanol–water partition coefficient (Wildman–Crippen LogP) is 2.27. The van der Waals surface area contributed by atoms with Crippen molar-refractivity contribution in [3.8, 4) is 11.5 Å². The monoisotopic (exact) mass is 383 g/mol. The third-order valence-electron chi connectivity index (χ3n) is 3.90. The second-order valence-corrected chi connectivity index (χ2v) is 6.05. The van der Waals surface area contributed by atoms with Crippen molar-refractivity contribution in [2.75, 3.05) is 20.2 Å². The van der Waals surface area contributed by atoms with E-state index in [1.807, 2.05) is 4.90 Å². The minimum absolute atomic E-state index is 0.0454. The largest absolute Gasteiger partial charge is 0.493 e. The lowest BCUT2D eigenvalue weighted by Crippen LogP contribution is -2.44. The van der Waals surface area contributed by atoms with Crippen molar-refractivity contribution in [3.63, 3.8) is 0 Å². The summed E-state index contributed by atoms with van der Waals surface area (Å²) in [6, 6.07) is 4.32. The molecule has 0 unspecified atom stereocenters. The second kappa shape index (κ2) is 9.86. The van der Waals surface area contributed by atoms with E-state index < -0.39 is 18.5 Å². The number of nitrogens with zero attached hydrogens (tertiary/aromatic N) is 1. The maximum Gasteiger partial charge on any atom is 0.387 e. The van der Waals surface area contributed by atoms with Crippen LogP contribution in [-0.2, 0) is 11.3 Å². The Morgan fingerprint density at radius 2 is 2.11 bits per heavy atom. The van der Waals surface area contributed by atoms with Crippen LogP contribution in [0.5, 0.6) is 11.5 Å². The lowest BCUT2D eigenvalue weighted by atomic mass is 10.2. The maximum absolute atomic E-state index is 12.4. The van der Waals surface area contributed by atoms with E-state index in [0.717, 1.165) is 18.4 Å². The molecule has 0 radical (unpaired) electrons. The van der Waals surface area contributed by atoms with E-state index in [-0.39, 0.29) is 30.6 Å². The van der Waals surface area contributed by atoms with Crippen LogP contribution in [0.4, 0.5) is 13.6 Å². The summed E-state index contributed by atoms with van der Waals surface area (Å²) in [5.41, 5.74) is 0.782. The summed E-state index contributed by atoms with van der Waals surface area (Å²) in [7, 11) is 1.37. The molecule has 1 aromatic rings. The van der Waals surface area contributed by atoms with Crippen LogP contribution in [0.25, 0.3) is 0 Å². The maximum atomic E-state index is 12.4. The number of carbonyl (C=O) groups is 2. The Morgan fingerprint density at radius 3 is 2.70 bits per heavy atom. The van der Waals surface area contributed by atoms with Gasteiger partial charge >= 0.3 is 12.6 Å². The summed E-state index contributed by atoms with van der Waals surface area (Å²) in [5.74, 6) is -0.282. The van der Waals surface area contributed by atoms with Gasteiger partial charge in [-0.25, -0.2) is 4.79 Å². The van der Waals surface area contributed by atoms with Crippen molar-refractivity contribution >= 4 is 11.9 Å². The van der Waals surface area contributed by atoms with Gasteiger partial charge in [0.1, 0.15) is 0 Å². The first kappa shape index (κ1) is 20.6. The number of urea groups is 1. The number of nitrogens with one attached hydrogen (secondary N) is 2. The van der Waals surface area contributed by atoms with Gasteiger partial charge in [-0.15, -0.1) is 6.58 Å². The normalized spacial score (nSPS) is 13.4. The molecule has 0 bridgehead atoms. The van der Waals surface area contributed by atoms with Crippen LogP contribution in [0, 0.1) is 0 Å². The Labute approximate surface area is 156 Å². The second-order valence-electron chi connectivity index (χ2n) is 6.05. The zero-order valence-electron chi connectivity index (χ0n) is 15.0. The fourth-order valence-electron chi connectivity index (χ4n) is 2.55. The Bertz CT molecular complexity index is 681. The molecule has 1 saturated carbocycles. The molecule has 1 aliphatic carbocycles. The van der Waals surface area contributed by atoms with Gasteiger partial charge in [0.25, 0.3) is 0 Å². The molecule has 148 valence electrons. The minimum atomic E-state index is -2.94. The van der Waals surface area contributed by atoms with Gasteiger partial charge in [0.2, 0.25) is 5.91 Å². The first-order chi connectivity index (χ1) is 12.9. The number of ether oxygens (including phenoxy) is 2.